The molecule has 4 heterocycles. The highest BCUT2D eigenvalue weighted by atomic mass is 32.2. The Morgan fingerprint density at radius 3 is 2.68 bits per heavy atom. The Hall–Kier alpha value is -3.33. The highest BCUT2D eigenvalue weighted by molar-refractivity contribution is 7.88. The maximum atomic E-state index is 15.4. The lowest BCUT2D eigenvalue weighted by molar-refractivity contribution is -0.0541. The molecule has 2 aromatic heterocycles. The van der Waals surface area contributed by atoms with E-state index in [0.717, 1.165) is 26.8 Å². The van der Waals surface area contributed by atoms with Gasteiger partial charge in [-0.05, 0) is 42.0 Å². The summed E-state index contributed by atoms with van der Waals surface area (Å²) in [5, 5.41) is 6.75. The predicted octanol–water partition coefficient (Wildman–Crippen LogP) is 4.79. The monoisotopic (exact) mass is 600 g/mol. The first-order valence-corrected chi connectivity index (χ1v) is 14.8. The summed E-state index contributed by atoms with van der Waals surface area (Å²) in [5.74, 6) is -4.90. The van der Waals surface area contributed by atoms with Gasteiger partial charge < -0.3 is 10.1 Å². The van der Waals surface area contributed by atoms with Gasteiger partial charge in [-0.15, -0.1) is 5.10 Å². The van der Waals surface area contributed by atoms with Crippen LogP contribution in [-0.4, -0.2) is 78.4 Å². The van der Waals surface area contributed by atoms with E-state index in [1.54, 1.807) is 31.3 Å². The molecule has 2 aliphatic rings. The lowest BCUT2D eigenvalue weighted by Gasteiger charge is -2.37. The number of hydrogen-bond donors (Lipinski definition) is 1. The SMILES string of the molecule is COc1nc(N[C@@H]2CCN(S(C)(=O)=O)CC2(F)F)nn2cc(F)c(-c3ccc4c(c3)C[C@H]([C@H](C)CC(F)F)C=N4)c12. The first kappa shape index (κ1) is 29.2. The summed E-state index contributed by atoms with van der Waals surface area (Å²) in [6, 6.07) is 3.66. The third-order valence-electron chi connectivity index (χ3n) is 7.59. The zero-order valence-corrected chi connectivity index (χ0v) is 23.3. The number of anilines is 1. The van der Waals surface area contributed by atoms with Gasteiger partial charge in [0.05, 0.1) is 43.4 Å². The van der Waals surface area contributed by atoms with Crippen molar-refractivity contribution in [2.45, 2.75) is 44.6 Å². The molecule has 1 fully saturated rings. The van der Waals surface area contributed by atoms with E-state index in [-0.39, 0.29) is 54.1 Å². The summed E-state index contributed by atoms with van der Waals surface area (Å²) in [5.41, 5.74) is 2.18. The van der Waals surface area contributed by atoms with E-state index in [9.17, 15) is 26.0 Å². The molecule has 9 nitrogen and oxygen atoms in total. The number of aliphatic imine (C=N–C) groups is 1. The number of sulfonamides is 1. The molecule has 0 saturated carbocycles. The van der Waals surface area contributed by atoms with Crippen molar-refractivity contribution in [1.82, 2.24) is 18.9 Å². The first-order chi connectivity index (χ1) is 19.3. The molecule has 1 saturated heterocycles. The second kappa shape index (κ2) is 10.8. The normalized spacial score (nSPS) is 21.7. The maximum absolute atomic E-state index is 15.4. The van der Waals surface area contributed by atoms with E-state index in [1.165, 1.54) is 7.11 Å². The van der Waals surface area contributed by atoms with Crippen molar-refractivity contribution in [3.8, 4) is 17.0 Å². The van der Waals surface area contributed by atoms with E-state index in [1.807, 2.05) is 0 Å². The fraction of sp³-hybridized carbons (Fsp3) is 0.500. The predicted molar refractivity (Wildman–Crippen MR) is 143 cm³/mol. The maximum Gasteiger partial charge on any atom is 0.281 e. The van der Waals surface area contributed by atoms with Gasteiger partial charge in [0.15, 0.2) is 5.82 Å². The molecule has 1 N–H and O–H groups in total. The van der Waals surface area contributed by atoms with Crippen LogP contribution >= 0.6 is 0 Å². The van der Waals surface area contributed by atoms with Crippen LogP contribution in [0.2, 0.25) is 0 Å². The molecule has 0 radical (unpaired) electrons. The molecule has 0 amide bonds. The van der Waals surface area contributed by atoms with Gasteiger partial charge in [0.2, 0.25) is 28.3 Å². The average Bonchev–Trinajstić information content (AvgIpc) is 3.23. The van der Waals surface area contributed by atoms with Crippen molar-refractivity contribution in [3.63, 3.8) is 0 Å². The number of aromatic nitrogens is 3. The number of fused-ring (bicyclic) bond motifs is 2. The molecule has 0 aliphatic carbocycles. The Labute approximate surface area is 233 Å². The minimum Gasteiger partial charge on any atom is -0.479 e. The van der Waals surface area contributed by atoms with Crippen LogP contribution in [0.5, 0.6) is 5.88 Å². The molecule has 3 atom stereocenters. The third-order valence-corrected chi connectivity index (χ3v) is 8.84. The number of nitrogens with one attached hydrogen (secondary N) is 1. The smallest absolute Gasteiger partial charge is 0.281 e. The van der Waals surface area contributed by atoms with Crippen LogP contribution in [0, 0.1) is 17.7 Å². The number of halogens is 5. The van der Waals surface area contributed by atoms with Gasteiger partial charge in [0.1, 0.15) is 5.52 Å². The van der Waals surface area contributed by atoms with E-state index in [2.05, 4.69) is 20.4 Å². The van der Waals surface area contributed by atoms with Crippen LogP contribution in [0.1, 0.15) is 25.3 Å². The van der Waals surface area contributed by atoms with Crippen LogP contribution < -0.4 is 10.1 Å². The van der Waals surface area contributed by atoms with Crippen molar-refractivity contribution in [3.05, 3.63) is 35.8 Å². The molecule has 3 aromatic rings. The second-order valence-corrected chi connectivity index (χ2v) is 12.5. The number of hydrogen-bond acceptors (Lipinski definition) is 7. The molecular formula is C26H29F5N6O3S. The molecular weight excluding hydrogens is 571 g/mol. The Kier molecular flexibility index (Phi) is 7.70. The number of alkyl halides is 4. The number of piperidine rings is 1. The molecule has 0 unspecified atom stereocenters. The molecule has 0 bridgehead atoms. The quantitative estimate of drug-likeness (QED) is 0.373. The van der Waals surface area contributed by atoms with E-state index in [0.29, 0.717) is 17.7 Å². The number of rotatable bonds is 8. The Morgan fingerprint density at radius 1 is 1.27 bits per heavy atom. The topological polar surface area (TPSA) is 101 Å². The van der Waals surface area contributed by atoms with E-state index < -0.39 is 40.8 Å². The van der Waals surface area contributed by atoms with Gasteiger partial charge in [0.25, 0.3) is 5.92 Å². The largest absolute Gasteiger partial charge is 0.479 e. The Bertz CT molecular complexity index is 1600. The molecule has 0 spiro atoms. The molecule has 2 aliphatic heterocycles. The molecule has 15 heteroatoms. The lowest BCUT2D eigenvalue weighted by Crippen LogP contribution is -2.55. The molecule has 41 heavy (non-hydrogen) atoms. The summed E-state index contributed by atoms with van der Waals surface area (Å²) >= 11 is 0. The summed E-state index contributed by atoms with van der Waals surface area (Å²) in [4.78, 5) is 8.62. The number of nitrogens with zero attached hydrogens (tertiary/aromatic N) is 5. The van der Waals surface area contributed by atoms with Crippen molar-refractivity contribution < 1.29 is 35.1 Å². The number of methoxy groups -OCH3 is 1. The van der Waals surface area contributed by atoms with Crippen molar-refractivity contribution >= 4 is 33.4 Å². The van der Waals surface area contributed by atoms with E-state index >= 15 is 4.39 Å². The first-order valence-electron chi connectivity index (χ1n) is 12.9. The average molecular weight is 601 g/mol. The van der Waals surface area contributed by atoms with Crippen LogP contribution in [0.4, 0.5) is 33.6 Å². The van der Waals surface area contributed by atoms with Gasteiger partial charge >= 0.3 is 0 Å². The van der Waals surface area contributed by atoms with Crippen molar-refractivity contribution in [2.24, 2.45) is 16.8 Å². The zero-order valence-electron chi connectivity index (χ0n) is 22.5. The Balaban J connectivity index is 1.45. The Morgan fingerprint density at radius 2 is 2.02 bits per heavy atom. The third kappa shape index (κ3) is 5.87. The van der Waals surface area contributed by atoms with Gasteiger partial charge in [-0.1, -0.05) is 13.0 Å². The van der Waals surface area contributed by atoms with Gasteiger partial charge in [-0.25, -0.2) is 34.9 Å². The highest BCUT2D eigenvalue weighted by Gasteiger charge is 2.47. The summed E-state index contributed by atoms with van der Waals surface area (Å²) < 4.78 is 102. The minimum absolute atomic E-state index is 0.0718. The van der Waals surface area contributed by atoms with Crippen LogP contribution in [0.25, 0.3) is 16.6 Å². The van der Waals surface area contributed by atoms with Crippen LogP contribution in [0.3, 0.4) is 0 Å². The van der Waals surface area contributed by atoms with Crippen LogP contribution in [-0.2, 0) is 16.4 Å². The fourth-order valence-corrected chi connectivity index (χ4v) is 6.19. The number of ether oxygens (including phenoxy) is 1. The van der Waals surface area contributed by atoms with Gasteiger partial charge in [0, 0.05) is 25.1 Å². The molecule has 1 aromatic carbocycles. The van der Waals surface area contributed by atoms with E-state index in [4.69, 9.17) is 4.74 Å². The summed E-state index contributed by atoms with van der Waals surface area (Å²) in [6.07, 6.45) is 1.22. The van der Waals surface area contributed by atoms with Gasteiger partial charge in [-0.2, -0.15) is 9.29 Å². The summed E-state index contributed by atoms with van der Waals surface area (Å²) in [6.45, 7) is 0.644. The van der Waals surface area contributed by atoms with Gasteiger partial charge in [-0.3, -0.25) is 4.99 Å². The molecule has 222 valence electrons. The number of benzene rings is 1. The standard InChI is InChI=1S/C26H29F5N6O3S/c1-14(8-21(28)29)17-10-16-9-15(4-5-19(16)32-11-17)22-18(27)12-37-23(22)24(40-2)34-25(35-37)33-20-6-7-36(41(3,38)39)13-26(20,30)31/h4-5,9,11-12,14,17,20-21H,6-8,10,13H2,1-3H3,(H,33,35)/t14-,17+,20-/m1/s1. The second-order valence-electron chi connectivity index (χ2n) is 10.5. The lowest BCUT2D eigenvalue weighted by atomic mass is 9.84. The van der Waals surface area contributed by atoms with Crippen molar-refractivity contribution in [1.29, 1.82) is 0 Å². The fourth-order valence-electron chi connectivity index (χ4n) is 5.34. The van der Waals surface area contributed by atoms with Crippen molar-refractivity contribution in [2.75, 3.05) is 31.8 Å². The van der Waals surface area contributed by atoms with Crippen LogP contribution in [0.15, 0.2) is 29.4 Å². The zero-order chi connectivity index (χ0) is 29.7. The highest BCUT2D eigenvalue weighted by Crippen LogP contribution is 2.39. The molecule has 5 rings (SSSR count). The summed E-state index contributed by atoms with van der Waals surface area (Å²) in [7, 11) is -2.49. The minimum atomic E-state index is -3.79.